The fourth-order valence-electron chi connectivity index (χ4n) is 4.11. The van der Waals surface area contributed by atoms with Gasteiger partial charge in [-0.15, -0.1) is 0 Å². The molecule has 1 aromatic carbocycles. The van der Waals surface area contributed by atoms with E-state index in [-0.39, 0.29) is 33.8 Å². The van der Waals surface area contributed by atoms with Crippen molar-refractivity contribution in [2.45, 2.75) is 37.6 Å². The highest BCUT2D eigenvalue weighted by Gasteiger charge is 2.32. The zero-order valence-electron chi connectivity index (χ0n) is 17.6. The minimum Gasteiger partial charge on any atom is -0.452 e. The molecule has 2 fully saturated rings. The van der Waals surface area contributed by atoms with Gasteiger partial charge in [-0.1, -0.05) is 13.8 Å². The van der Waals surface area contributed by atoms with Crippen LogP contribution < -0.4 is 5.32 Å². The number of sulfone groups is 1. The number of carbonyl (C=O) groups excluding carboxylic acids is 2. The summed E-state index contributed by atoms with van der Waals surface area (Å²) in [6.07, 6.45) is 1.33. The summed E-state index contributed by atoms with van der Waals surface area (Å²) >= 11 is 0. The summed E-state index contributed by atoms with van der Waals surface area (Å²) in [5.41, 5.74) is 0.121. The maximum atomic E-state index is 12.9. The molecular formula is C20H28N2O7S2. The molecule has 11 heteroatoms. The van der Waals surface area contributed by atoms with E-state index in [1.807, 2.05) is 13.8 Å². The molecule has 3 atom stereocenters. The Labute approximate surface area is 183 Å². The van der Waals surface area contributed by atoms with Gasteiger partial charge in [-0.3, -0.25) is 4.79 Å². The van der Waals surface area contributed by atoms with Crippen LogP contribution in [0.5, 0.6) is 0 Å². The lowest BCUT2D eigenvalue weighted by Gasteiger charge is -2.34. The van der Waals surface area contributed by atoms with Crippen LogP contribution in [0.25, 0.3) is 0 Å². The number of sulfonamides is 1. The Morgan fingerprint density at radius 2 is 1.74 bits per heavy atom. The molecule has 0 aromatic heterocycles. The summed E-state index contributed by atoms with van der Waals surface area (Å²) in [6.45, 7) is 4.44. The van der Waals surface area contributed by atoms with Gasteiger partial charge < -0.3 is 10.1 Å². The summed E-state index contributed by atoms with van der Waals surface area (Å²) < 4.78 is 55.1. The largest absolute Gasteiger partial charge is 0.452 e. The molecule has 3 unspecified atom stereocenters. The fourth-order valence-corrected chi connectivity index (χ4v) is 7.46. The van der Waals surface area contributed by atoms with Crippen LogP contribution in [-0.4, -0.2) is 70.3 Å². The van der Waals surface area contributed by atoms with Gasteiger partial charge in [0.1, 0.15) is 0 Å². The van der Waals surface area contributed by atoms with Crippen molar-refractivity contribution in [2.75, 3.05) is 31.2 Å². The molecule has 1 amide bonds. The first-order valence-corrected chi connectivity index (χ1v) is 13.5. The van der Waals surface area contributed by atoms with Gasteiger partial charge >= 0.3 is 5.97 Å². The number of hydrogen-bond acceptors (Lipinski definition) is 7. The van der Waals surface area contributed by atoms with Gasteiger partial charge in [0.15, 0.2) is 16.4 Å². The normalized spacial score (nSPS) is 26.3. The number of ether oxygens (including phenoxy) is 1. The first-order valence-electron chi connectivity index (χ1n) is 10.2. The highest BCUT2D eigenvalue weighted by Crippen LogP contribution is 2.26. The lowest BCUT2D eigenvalue weighted by Crippen LogP contribution is -2.42. The van der Waals surface area contributed by atoms with Crippen molar-refractivity contribution in [1.82, 2.24) is 9.62 Å². The number of esters is 1. The Balaban J connectivity index is 1.55. The molecular weight excluding hydrogens is 444 g/mol. The predicted molar refractivity (Wildman–Crippen MR) is 114 cm³/mol. The number of piperidine rings is 1. The molecule has 172 valence electrons. The van der Waals surface area contributed by atoms with Crippen molar-refractivity contribution in [1.29, 1.82) is 0 Å². The lowest BCUT2D eigenvalue weighted by atomic mass is 9.94. The molecule has 0 spiro atoms. The summed E-state index contributed by atoms with van der Waals surface area (Å²) in [5, 5.41) is 2.53. The molecule has 2 saturated heterocycles. The Hall–Kier alpha value is -1.98. The molecule has 9 nitrogen and oxygen atoms in total. The Morgan fingerprint density at radius 1 is 1.13 bits per heavy atom. The zero-order chi connectivity index (χ0) is 22.8. The maximum Gasteiger partial charge on any atom is 0.338 e. The SMILES string of the molecule is CC1CC(C)CN(S(=O)(=O)c2ccc(C(=O)OCC(=O)NC3CCS(=O)(=O)C3)cc2)C1. The standard InChI is InChI=1S/C20H28N2O7S2/c1-14-9-15(2)11-22(10-14)31(27,28)18-5-3-16(4-6-18)20(24)29-12-19(23)21-17-7-8-30(25,26)13-17/h3-6,14-15,17H,7-13H2,1-2H3,(H,21,23). The number of hydrogen-bond donors (Lipinski definition) is 1. The predicted octanol–water partition coefficient (Wildman–Crippen LogP) is 0.813. The number of amides is 1. The van der Waals surface area contributed by atoms with Crippen molar-refractivity contribution >= 4 is 31.7 Å². The molecule has 3 rings (SSSR count). The van der Waals surface area contributed by atoms with Crippen LogP contribution in [0.1, 0.15) is 37.0 Å². The Kier molecular flexibility index (Phi) is 7.07. The molecule has 0 aliphatic carbocycles. The third-order valence-corrected chi connectivity index (χ3v) is 9.11. The van der Waals surface area contributed by atoms with Gasteiger partial charge in [-0.05, 0) is 48.9 Å². The van der Waals surface area contributed by atoms with Crippen molar-refractivity contribution in [2.24, 2.45) is 11.8 Å². The van der Waals surface area contributed by atoms with Crippen molar-refractivity contribution in [3.05, 3.63) is 29.8 Å². The Morgan fingerprint density at radius 3 is 2.29 bits per heavy atom. The fraction of sp³-hybridized carbons (Fsp3) is 0.600. The molecule has 31 heavy (non-hydrogen) atoms. The summed E-state index contributed by atoms with van der Waals surface area (Å²) in [7, 11) is -6.77. The number of nitrogens with one attached hydrogen (secondary N) is 1. The van der Waals surface area contributed by atoms with E-state index in [0.717, 1.165) is 6.42 Å². The third kappa shape index (κ3) is 6.05. The van der Waals surface area contributed by atoms with E-state index < -0.39 is 44.4 Å². The Bertz CT molecular complexity index is 1030. The molecule has 0 saturated carbocycles. The van der Waals surface area contributed by atoms with Crippen molar-refractivity contribution in [3.63, 3.8) is 0 Å². The van der Waals surface area contributed by atoms with E-state index in [2.05, 4.69) is 5.32 Å². The minimum atomic E-state index is -3.65. The van der Waals surface area contributed by atoms with Gasteiger partial charge in [0.2, 0.25) is 10.0 Å². The number of nitrogens with zero attached hydrogens (tertiary/aromatic N) is 1. The summed E-state index contributed by atoms with van der Waals surface area (Å²) in [6, 6.07) is 4.96. The highest BCUT2D eigenvalue weighted by molar-refractivity contribution is 7.91. The second kappa shape index (κ2) is 9.25. The van der Waals surface area contributed by atoms with Crippen molar-refractivity contribution < 1.29 is 31.2 Å². The third-order valence-electron chi connectivity index (χ3n) is 5.50. The van der Waals surface area contributed by atoms with E-state index in [0.29, 0.717) is 19.5 Å². The topological polar surface area (TPSA) is 127 Å². The van der Waals surface area contributed by atoms with Crippen LogP contribution in [-0.2, 0) is 29.4 Å². The van der Waals surface area contributed by atoms with Gasteiger partial charge in [0, 0.05) is 19.1 Å². The average Bonchev–Trinajstić information content (AvgIpc) is 3.03. The van der Waals surface area contributed by atoms with Crippen LogP contribution in [0, 0.1) is 11.8 Å². The number of benzene rings is 1. The van der Waals surface area contributed by atoms with Crippen LogP contribution in [0.3, 0.4) is 0 Å². The van der Waals surface area contributed by atoms with Gasteiger partial charge in [-0.2, -0.15) is 4.31 Å². The minimum absolute atomic E-state index is 0.0300. The van der Waals surface area contributed by atoms with Gasteiger partial charge in [-0.25, -0.2) is 21.6 Å². The highest BCUT2D eigenvalue weighted by atomic mass is 32.2. The monoisotopic (exact) mass is 472 g/mol. The molecule has 2 aliphatic rings. The second-order valence-corrected chi connectivity index (χ2v) is 12.7. The quantitative estimate of drug-likeness (QED) is 0.607. The van der Waals surface area contributed by atoms with E-state index in [4.69, 9.17) is 4.74 Å². The first kappa shape index (κ1) is 23.7. The smallest absolute Gasteiger partial charge is 0.338 e. The van der Waals surface area contributed by atoms with Crippen LogP contribution >= 0.6 is 0 Å². The van der Waals surface area contributed by atoms with E-state index in [1.54, 1.807) is 0 Å². The van der Waals surface area contributed by atoms with Crippen LogP contribution in [0.4, 0.5) is 0 Å². The zero-order valence-corrected chi connectivity index (χ0v) is 19.2. The molecule has 0 radical (unpaired) electrons. The second-order valence-electron chi connectivity index (χ2n) is 8.54. The molecule has 0 bridgehead atoms. The van der Waals surface area contributed by atoms with E-state index in [1.165, 1.54) is 28.6 Å². The number of rotatable bonds is 6. The lowest BCUT2D eigenvalue weighted by molar-refractivity contribution is -0.124. The maximum absolute atomic E-state index is 12.9. The van der Waals surface area contributed by atoms with Crippen molar-refractivity contribution in [3.8, 4) is 0 Å². The molecule has 2 heterocycles. The summed E-state index contributed by atoms with van der Waals surface area (Å²) in [5.74, 6) is -0.868. The van der Waals surface area contributed by atoms with Crippen LogP contribution in [0.15, 0.2) is 29.2 Å². The van der Waals surface area contributed by atoms with Crippen LogP contribution in [0.2, 0.25) is 0 Å². The van der Waals surface area contributed by atoms with E-state index in [9.17, 15) is 26.4 Å². The van der Waals surface area contributed by atoms with E-state index >= 15 is 0 Å². The first-order chi connectivity index (χ1) is 14.5. The molecule has 1 N–H and O–H groups in total. The van der Waals surface area contributed by atoms with Gasteiger partial charge in [0.05, 0.1) is 22.0 Å². The average molecular weight is 473 g/mol. The summed E-state index contributed by atoms with van der Waals surface area (Å²) in [4.78, 5) is 24.2. The molecule has 1 aromatic rings. The number of carbonyl (C=O) groups is 2. The van der Waals surface area contributed by atoms with Gasteiger partial charge in [0.25, 0.3) is 5.91 Å². The molecule has 2 aliphatic heterocycles.